The highest BCUT2D eigenvalue weighted by atomic mass is 31.1. The molecular weight excluding hydrogens is 239 g/mol. The van der Waals surface area contributed by atoms with Crippen molar-refractivity contribution in [3.05, 3.63) is 48.3 Å². The molecule has 90 valence electrons. The summed E-state index contributed by atoms with van der Waals surface area (Å²) >= 11 is 0. The lowest BCUT2D eigenvalue weighted by molar-refractivity contribution is 0.433. The molecule has 2 aromatic rings. The number of hydrogen-bond donors (Lipinski definition) is 1. The van der Waals surface area contributed by atoms with Crippen LogP contribution >= 0.6 is 8.03 Å². The van der Waals surface area contributed by atoms with Crippen LogP contribution in [0, 0.1) is 0 Å². The van der Waals surface area contributed by atoms with Crippen molar-refractivity contribution < 1.29 is 18.3 Å². The van der Waals surface area contributed by atoms with E-state index in [0.717, 1.165) is 24.4 Å². The second kappa shape index (κ2) is 5.80. The Balaban J connectivity index is 1.98. The van der Waals surface area contributed by atoms with E-state index in [2.05, 4.69) is 0 Å². The zero-order valence-corrected chi connectivity index (χ0v) is 10.2. The standard InChI is InChI=1S/C12H13O4P/c13-17(14)9-10(12-4-2-8-16-12)5-6-11-3-1-7-15-11/h1-4,7-8,10H,5-6,9H2/p+1. The van der Waals surface area contributed by atoms with Gasteiger partial charge in [-0.15, -0.1) is 0 Å². The van der Waals surface area contributed by atoms with Crippen molar-refractivity contribution in [2.24, 2.45) is 0 Å². The van der Waals surface area contributed by atoms with Crippen LogP contribution in [0.4, 0.5) is 0 Å². The van der Waals surface area contributed by atoms with Crippen molar-refractivity contribution in [2.75, 3.05) is 6.16 Å². The van der Waals surface area contributed by atoms with Gasteiger partial charge in [-0.25, -0.2) is 0 Å². The molecule has 0 radical (unpaired) electrons. The zero-order valence-electron chi connectivity index (χ0n) is 9.28. The van der Waals surface area contributed by atoms with Gasteiger partial charge in [0.2, 0.25) is 0 Å². The first kappa shape index (κ1) is 12.1. The van der Waals surface area contributed by atoms with Gasteiger partial charge >= 0.3 is 8.03 Å². The van der Waals surface area contributed by atoms with E-state index < -0.39 is 8.03 Å². The number of aryl methyl sites for hydroxylation is 1. The first-order valence-electron chi connectivity index (χ1n) is 5.45. The molecule has 4 nitrogen and oxygen atoms in total. The first-order valence-corrected chi connectivity index (χ1v) is 6.85. The second-order valence-corrected chi connectivity index (χ2v) is 4.93. The van der Waals surface area contributed by atoms with E-state index in [1.165, 1.54) is 0 Å². The summed E-state index contributed by atoms with van der Waals surface area (Å²) in [5, 5.41) is 0. The van der Waals surface area contributed by atoms with Crippen LogP contribution in [0.2, 0.25) is 0 Å². The van der Waals surface area contributed by atoms with Crippen molar-refractivity contribution in [1.82, 2.24) is 0 Å². The fraction of sp³-hybridized carbons (Fsp3) is 0.333. The summed E-state index contributed by atoms with van der Waals surface area (Å²) in [6.45, 7) is 0. The fourth-order valence-electron chi connectivity index (χ4n) is 1.81. The predicted molar refractivity (Wildman–Crippen MR) is 63.2 cm³/mol. The highest BCUT2D eigenvalue weighted by Gasteiger charge is 2.25. The SMILES string of the molecule is O=[P+](O)CC(CCc1ccco1)c1ccco1. The molecule has 0 bridgehead atoms. The summed E-state index contributed by atoms with van der Waals surface area (Å²) in [4.78, 5) is 9.02. The molecule has 2 aromatic heterocycles. The van der Waals surface area contributed by atoms with Crippen molar-refractivity contribution in [2.45, 2.75) is 18.8 Å². The Bertz CT molecular complexity index is 447. The van der Waals surface area contributed by atoms with Crippen LogP contribution in [0.5, 0.6) is 0 Å². The fourth-order valence-corrected chi connectivity index (χ4v) is 2.55. The lowest BCUT2D eigenvalue weighted by Crippen LogP contribution is -2.02. The lowest BCUT2D eigenvalue weighted by atomic mass is 10.0. The Morgan fingerprint density at radius 3 is 2.59 bits per heavy atom. The molecule has 0 aromatic carbocycles. The average Bonchev–Trinajstić information content (AvgIpc) is 2.96. The first-order chi connectivity index (χ1) is 8.25. The summed E-state index contributed by atoms with van der Waals surface area (Å²) in [7, 11) is -2.15. The monoisotopic (exact) mass is 253 g/mol. The summed E-state index contributed by atoms with van der Waals surface area (Å²) in [6.07, 6.45) is 4.91. The van der Waals surface area contributed by atoms with E-state index in [1.54, 1.807) is 18.6 Å². The molecule has 0 aliphatic carbocycles. The van der Waals surface area contributed by atoms with E-state index in [1.807, 2.05) is 18.2 Å². The van der Waals surface area contributed by atoms with Crippen molar-refractivity contribution in [3.63, 3.8) is 0 Å². The molecule has 2 heterocycles. The predicted octanol–water partition coefficient (Wildman–Crippen LogP) is 3.32. The molecule has 2 atom stereocenters. The summed E-state index contributed by atoms with van der Waals surface area (Å²) < 4.78 is 21.5. The molecule has 0 aliphatic heterocycles. The quantitative estimate of drug-likeness (QED) is 0.802. The Kier molecular flexibility index (Phi) is 4.13. The van der Waals surface area contributed by atoms with Gasteiger partial charge in [-0.05, 0) is 35.3 Å². The maximum Gasteiger partial charge on any atom is 0.506 e. The van der Waals surface area contributed by atoms with Gasteiger partial charge in [-0.1, -0.05) is 0 Å². The average molecular weight is 253 g/mol. The largest absolute Gasteiger partial charge is 0.506 e. The van der Waals surface area contributed by atoms with Crippen LogP contribution < -0.4 is 0 Å². The van der Waals surface area contributed by atoms with Gasteiger partial charge in [0.05, 0.1) is 18.4 Å². The van der Waals surface area contributed by atoms with Gasteiger partial charge < -0.3 is 8.83 Å². The van der Waals surface area contributed by atoms with Crippen LogP contribution in [0.1, 0.15) is 23.9 Å². The van der Waals surface area contributed by atoms with Crippen LogP contribution in [0.25, 0.3) is 0 Å². The van der Waals surface area contributed by atoms with Gasteiger partial charge in [-0.3, -0.25) is 0 Å². The van der Waals surface area contributed by atoms with E-state index in [9.17, 15) is 4.57 Å². The van der Waals surface area contributed by atoms with Crippen molar-refractivity contribution >= 4 is 8.03 Å². The summed E-state index contributed by atoms with van der Waals surface area (Å²) in [5.74, 6) is 1.60. The van der Waals surface area contributed by atoms with Crippen LogP contribution in [0.3, 0.4) is 0 Å². The molecule has 0 fully saturated rings. The van der Waals surface area contributed by atoms with Crippen LogP contribution in [-0.2, 0) is 11.0 Å². The Hall–Kier alpha value is -1.38. The molecule has 0 amide bonds. The molecule has 0 aliphatic rings. The third-order valence-electron chi connectivity index (χ3n) is 2.64. The molecule has 2 unspecified atom stereocenters. The molecule has 2 rings (SSSR count). The third kappa shape index (κ3) is 3.55. The second-order valence-electron chi connectivity index (χ2n) is 3.87. The van der Waals surface area contributed by atoms with Gasteiger partial charge in [0.1, 0.15) is 11.5 Å². The minimum Gasteiger partial charge on any atom is -0.469 e. The summed E-state index contributed by atoms with van der Waals surface area (Å²) in [6, 6.07) is 7.37. The molecule has 5 heteroatoms. The minimum atomic E-state index is -2.15. The lowest BCUT2D eigenvalue weighted by Gasteiger charge is -2.07. The van der Waals surface area contributed by atoms with Crippen LogP contribution in [0.15, 0.2) is 45.6 Å². The smallest absolute Gasteiger partial charge is 0.469 e. The summed E-state index contributed by atoms with van der Waals surface area (Å²) in [5.41, 5.74) is 0. The van der Waals surface area contributed by atoms with E-state index in [4.69, 9.17) is 13.7 Å². The number of rotatable bonds is 6. The van der Waals surface area contributed by atoms with E-state index in [0.29, 0.717) is 0 Å². The molecule has 17 heavy (non-hydrogen) atoms. The minimum absolute atomic E-state index is 0.0382. The van der Waals surface area contributed by atoms with Crippen molar-refractivity contribution in [1.29, 1.82) is 0 Å². The Morgan fingerprint density at radius 1 is 1.24 bits per heavy atom. The van der Waals surface area contributed by atoms with E-state index in [-0.39, 0.29) is 12.1 Å². The normalized spacial score (nSPS) is 13.6. The van der Waals surface area contributed by atoms with Gasteiger partial charge in [0.15, 0.2) is 6.16 Å². The molecule has 0 saturated heterocycles. The topological polar surface area (TPSA) is 63.6 Å². The Labute approximate surface area is 100 Å². The molecule has 0 saturated carbocycles. The molecule has 0 spiro atoms. The zero-order chi connectivity index (χ0) is 12.1. The number of hydrogen-bond acceptors (Lipinski definition) is 3. The van der Waals surface area contributed by atoms with Gasteiger partial charge in [0, 0.05) is 6.42 Å². The van der Waals surface area contributed by atoms with Crippen molar-refractivity contribution in [3.8, 4) is 0 Å². The Morgan fingerprint density at radius 2 is 2.00 bits per heavy atom. The maximum absolute atomic E-state index is 10.9. The van der Waals surface area contributed by atoms with Crippen LogP contribution in [-0.4, -0.2) is 11.1 Å². The third-order valence-corrected chi connectivity index (χ3v) is 3.39. The van der Waals surface area contributed by atoms with E-state index >= 15 is 0 Å². The highest BCUT2D eigenvalue weighted by Crippen LogP contribution is 2.30. The highest BCUT2D eigenvalue weighted by molar-refractivity contribution is 7.38. The van der Waals surface area contributed by atoms with Gasteiger partial charge in [-0.2, -0.15) is 4.89 Å². The maximum atomic E-state index is 10.9. The number of furan rings is 2. The molecule has 1 N–H and O–H groups in total. The molecular formula is C12H14O4P+. The van der Waals surface area contributed by atoms with Gasteiger partial charge in [0.25, 0.3) is 0 Å².